The maximum atomic E-state index is 14.2. The molecule has 8 heteroatoms. The molecular formula is C26H26F2N4O2. The second kappa shape index (κ2) is 9.02. The van der Waals surface area contributed by atoms with Crippen molar-refractivity contribution in [2.75, 3.05) is 24.7 Å². The van der Waals surface area contributed by atoms with E-state index in [2.05, 4.69) is 4.90 Å². The quantitative estimate of drug-likeness (QED) is 0.435. The summed E-state index contributed by atoms with van der Waals surface area (Å²) in [7, 11) is 0. The molecule has 0 saturated carbocycles. The molecule has 3 heterocycles. The van der Waals surface area contributed by atoms with Gasteiger partial charge in [0.25, 0.3) is 0 Å². The maximum absolute atomic E-state index is 14.2. The Morgan fingerprint density at radius 3 is 2.53 bits per heavy atom. The van der Waals surface area contributed by atoms with Crippen molar-refractivity contribution in [3.63, 3.8) is 0 Å². The molecule has 6 nitrogen and oxygen atoms in total. The number of halogens is 2. The lowest BCUT2D eigenvalue weighted by Crippen LogP contribution is -2.32. The number of nitrogens with zero attached hydrogens (tertiary/aromatic N) is 4. The first kappa shape index (κ1) is 22.3. The molecule has 2 aromatic carbocycles. The van der Waals surface area contributed by atoms with Crippen molar-refractivity contribution in [1.82, 2.24) is 14.6 Å². The summed E-state index contributed by atoms with van der Waals surface area (Å²) < 4.78 is 35.1. The lowest BCUT2D eigenvalue weighted by Gasteiger charge is -2.25. The third-order valence-corrected chi connectivity index (χ3v) is 6.30. The van der Waals surface area contributed by atoms with Gasteiger partial charge in [-0.15, -0.1) is 0 Å². The van der Waals surface area contributed by atoms with E-state index in [9.17, 15) is 13.9 Å². The predicted molar refractivity (Wildman–Crippen MR) is 127 cm³/mol. The third-order valence-electron chi connectivity index (χ3n) is 6.30. The first-order valence-electron chi connectivity index (χ1n) is 11.5. The predicted octanol–water partition coefficient (Wildman–Crippen LogP) is 5.01. The average molecular weight is 465 g/mol. The lowest BCUT2D eigenvalue weighted by molar-refractivity contribution is 0.266. The second-order valence-electron chi connectivity index (χ2n) is 8.45. The molecule has 0 radical (unpaired) electrons. The molecule has 1 unspecified atom stereocenters. The maximum Gasteiger partial charge on any atom is 0.166 e. The van der Waals surface area contributed by atoms with Crippen molar-refractivity contribution in [3.8, 4) is 28.1 Å². The standard InChI is InChI=1S/C26H26F2N4O2/c1-3-34-20-9-6-17(7-10-20)25-16(2)30-32-23(18-8-11-21(27)22(28)13-18)14-24(29-26(25)32)31-12-4-5-19(31)15-33/h6-11,13-14,19,33H,3-5,12,15H2,1-2H3. The van der Waals surface area contributed by atoms with E-state index >= 15 is 0 Å². The fraction of sp³-hybridized carbons (Fsp3) is 0.308. The molecule has 0 amide bonds. The van der Waals surface area contributed by atoms with E-state index in [1.165, 1.54) is 12.1 Å². The van der Waals surface area contributed by atoms with Crippen LogP contribution in [0.5, 0.6) is 5.75 Å². The first-order valence-corrected chi connectivity index (χ1v) is 11.5. The molecular weight excluding hydrogens is 438 g/mol. The fourth-order valence-corrected chi connectivity index (χ4v) is 4.67. The molecule has 1 fully saturated rings. The fourth-order valence-electron chi connectivity index (χ4n) is 4.67. The molecule has 0 aliphatic carbocycles. The van der Waals surface area contributed by atoms with Crippen LogP contribution in [0.15, 0.2) is 48.5 Å². The summed E-state index contributed by atoms with van der Waals surface area (Å²) in [6.07, 6.45) is 1.82. The van der Waals surface area contributed by atoms with Crippen LogP contribution in [0.3, 0.4) is 0 Å². The summed E-state index contributed by atoms with van der Waals surface area (Å²) >= 11 is 0. The number of ether oxygens (including phenoxy) is 1. The molecule has 0 spiro atoms. The van der Waals surface area contributed by atoms with Gasteiger partial charge < -0.3 is 14.7 Å². The van der Waals surface area contributed by atoms with Crippen LogP contribution < -0.4 is 9.64 Å². The lowest BCUT2D eigenvalue weighted by atomic mass is 10.1. The van der Waals surface area contributed by atoms with Gasteiger partial charge in [-0.25, -0.2) is 18.3 Å². The van der Waals surface area contributed by atoms with Crippen LogP contribution in [0.2, 0.25) is 0 Å². The topological polar surface area (TPSA) is 62.9 Å². The molecule has 4 aromatic rings. The van der Waals surface area contributed by atoms with Gasteiger partial charge in [0, 0.05) is 23.7 Å². The Kier molecular flexibility index (Phi) is 5.91. The number of hydrogen-bond acceptors (Lipinski definition) is 5. The highest BCUT2D eigenvalue weighted by atomic mass is 19.2. The largest absolute Gasteiger partial charge is 0.494 e. The first-order chi connectivity index (χ1) is 16.5. The van der Waals surface area contributed by atoms with E-state index in [0.29, 0.717) is 29.3 Å². The molecule has 0 bridgehead atoms. The number of benzene rings is 2. The Morgan fingerprint density at radius 1 is 1.06 bits per heavy atom. The van der Waals surface area contributed by atoms with E-state index in [4.69, 9.17) is 14.8 Å². The zero-order valence-electron chi connectivity index (χ0n) is 19.1. The van der Waals surface area contributed by atoms with Crippen LogP contribution in [-0.4, -0.2) is 45.5 Å². The van der Waals surface area contributed by atoms with Crippen LogP contribution in [0, 0.1) is 18.6 Å². The van der Waals surface area contributed by atoms with Gasteiger partial charge in [0.05, 0.1) is 30.6 Å². The summed E-state index contributed by atoms with van der Waals surface area (Å²) in [5, 5.41) is 14.6. The van der Waals surface area contributed by atoms with Crippen molar-refractivity contribution in [2.24, 2.45) is 0 Å². The minimum Gasteiger partial charge on any atom is -0.494 e. The van der Waals surface area contributed by atoms with E-state index in [-0.39, 0.29) is 12.6 Å². The summed E-state index contributed by atoms with van der Waals surface area (Å²) in [4.78, 5) is 7.03. The summed E-state index contributed by atoms with van der Waals surface area (Å²) in [6.45, 7) is 5.21. The normalized spacial score (nSPS) is 15.9. The zero-order chi connectivity index (χ0) is 23.8. The van der Waals surface area contributed by atoms with Gasteiger partial charge in [0.2, 0.25) is 0 Å². The Balaban J connectivity index is 1.73. The van der Waals surface area contributed by atoms with E-state index in [1.54, 1.807) is 4.52 Å². The number of aliphatic hydroxyl groups excluding tert-OH is 1. The van der Waals surface area contributed by atoms with Gasteiger partial charge in [-0.2, -0.15) is 5.10 Å². The number of aliphatic hydroxyl groups is 1. The van der Waals surface area contributed by atoms with Gasteiger partial charge in [0.1, 0.15) is 11.6 Å². The van der Waals surface area contributed by atoms with Crippen molar-refractivity contribution >= 4 is 11.5 Å². The second-order valence-corrected chi connectivity index (χ2v) is 8.45. The summed E-state index contributed by atoms with van der Waals surface area (Å²) in [5.41, 5.74) is 4.25. The monoisotopic (exact) mass is 464 g/mol. The zero-order valence-corrected chi connectivity index (χ0v) is 19.1. The van der Waals surface area contributed by atoms with Gasteiger partial charge in [-0.3, -0.25) is 0 Å². The Morgan fingerprint density at radius 2 is 1.82 bits per heavy atom. The molecule has 34 heavy (non-hydrogen) atoms. The minimum absolute atomic E-state index is 0.0252. The molecule has 2 aromatic heterocycles. The Labute approximate surface area is 196 Å². The van der Waals surface area contributed by atoms with Crippen molar-refractivity contribution in [2.45, 2.75) is 32.7 Å². The van der Waals surface area contributed by atoms with Crippen LogP contribution in [0.4, 0.5) is 14.6 Å². The molecule has 1 saturated heterocycles. The SMILES string of the molecule is CCOc1ccc(-c2c(C)nn3c(-c4ccc(F)c(F)c4)cc(N4CCCC4CO)nc23)cc1. The number of aryl methyl sites for hydroxylation is 1. The minimum atomic E-state index is -0.922. The van der Waals surface area contributed by atoms with Crippen molar-refractivity contribution in [3.05, 3.63) is 65.9 Å². The number of aromatic nitrogens is 3. The molecule has 1 aliphatic heterocycles. The number of rotatable bonds is 6. The summed E-state index contributed by atoms with van der Waals surface area (Å²) in [5.74, 6) is -0.370. The average Bonchev–Trinajstić information content (AvgIpc) is 3.44. The molecule has 1 atom stereocenters. The van der Waals surface area contributed by atoms with E-state index < -0.39 is 11.6 Å². The highest BCUT2D eigenvalue weighted by molar-refractivity contribution is 5.83. The van der Waals surface area contributed by atoms with E-state index in [1.807, 2.05) is 44.2 Å². The van der Waals surface area contributed by atoms with Crippen LogP contribution in [-0.2, 0) is 0 Å². The van der Waals surface area contributed by atoms with Crippen molar-refractivity contribution < 1.29 is 18.6 Å². The van der Waals surface area contributed by atoms with Gasteiger partial charge in [-0.05, 0) is 62.6 Å². The summed E-state index contributed by atoms with van der Waals surface area (Å²) in [6, 6.07) is 13.4. The Bertz CT molecular complexity index is 1340. The Hall–Kier alpha value is -3.52. The molecule has 176 valence electrons. The molecule has 1 aliphatic rings. The van der Waals surface area contributed by atoms with Crippen LogP contribution in [0.1, 0.15) is 25.5 Å². The highest BCUT2D eigenvalue weighted by Gasteiger charge is 2.27. The highest BCUT2D eigenvalue weighted by Crippen LogP contribution is 2.35. The number of hydrogen-bond donors (Lipinski definition) is 1. The van der Waals surface area contributed by atoms with Crippen molar-refractivity contribution in [1.29, 1.82) is 0 Å². The third kappa shape index (κ3) is 3.88. The van der Waals surface area contributed by atoms with E-state index in [0.717, 1.165) is 48.0 Å². The van der Waals surface area contributed by atoms with Gasteiger partial charge in [-0.1, -0.05) is 12.1 Å². The van der Waals surface area contributed by atoms with Gasteiger partial charge >= 0.3 is 0 Å². The molecule has 5 rings (SSSR count). The number of anilines is 1. The number of fused-ring (bicyclic) bond motifs is 1. The molecule has 1 N–H and O–H groups in total. The van der Waals surface area contributed by atoms with Crippen LogP contribution >= 0.6 is 0 Å². The van der Waals surface area contributed by atoms with Gasteiger partial charge in [0.15, 0.2) is 17.3 Å². The van der Waals surface area contributed by atoms with Crippen LogP contribution in [0.25, 0.3) is 28.0 Å². The smallest absolute Gasteiger partial charge is 0.166 e.